The molecule has 1 aromatic heterocycles. The van der Waals surface area contributed by atoms with Crippen molar-refractivity contribution in [2.24, 2.45) is 7.05 Å². The molecule has 0 spiro atoms. The van der Waals surface area contributed by atoms with Crippen LogP contribution < -0.4 is 4.74 Å². The number of alkyl halides is 3. The summed E-state index contributed by atoms with van der Waals surface area (Å²) in [5.74, 6) is -1.66. The summed E-state index contributed by atoms with van der Waals surface area (Å²) in [6.07, 6.45) is -4.80. The molecule has 0 bridgehead atoms. The Morgan fingerprint density at radius 3 is 2.38 bits per heavy atom. The van der Waals surface area contributed by atoms with Crippen LogP contribution in [0.5, 0.6) is 11.6 Å². The Morgan fingerprint density at radius 2 is 1.86 bits per heavy atom. The number of rotatable bonds is 3. The predicted octanol–water partition coefficient (Wildman–Crippen LogP) is 3.02. The molecule has 1 aromatic carbocycles. The van der Waals surface area contributed by atoms with Gasteiger partial charge in [-0.1, -0.05) is 18.2 Å². The van der Waals surface area contributed by atoms with Crippen molar-refractivity contribution in [3.8, 4) is 11.6 Å². The van der Waals surface area contributed by atoms with Crippen LogP contribution in [0.4, 0.5) is 13.2 Å². The Bertz CT molecular complexity index is 651. The molecule has 2 aromatic rings. The standard InChI is InChI=1S/C13H11F3N2O3/c1-18-10(12(19)20-2)9(13(14,15)16)11(17-18)21-8-6-4-3-5-7-8/h3-7H,1-2H3. The van der Waals surface area contributed by atoms with Crippen LogP contribution in [-0.2, 0) is 18.0 Å². The summed E-state index contributed by atoms with van der Waals surface area (Å²) < 4.78 is 49.8. The third-order valence-corrected chi connectivity index (χ3v) is 2.64. The second-order valence-corrected chi connectivity index (χ2v) is 4.06. The summed E-state index contributed by atoms with van der Waals surface area (Å²) in [6.45, 7) is 0. The molecule has 0 N–H and O–H groups in total. The van der Waals surface area contributed by atoms with Gasteiger partial charge in [0, 0.05) is 7.05 Å². The maximum Gasteiger partial charge on any atom is 0.424 e. The number of halogens is 3. The lowest BCUT2D eigenvalue weighted by atomic mass is 10.2. The molecule has 21 heavy (non-hydrogen) atoms. The molecule has 5 nitrogen and oxygen atoms in total. The minimum atomic E-state index is -4.80. The van der Waals surface area contributed by atoms with E-state index in [1.54, 1.807) is 18.2 Å². The van der Waals surface area contributed by atoms with Gasteiger partial charge in [-0.15, -0.1) is 5.10 Å². The Labute approximate surface area is 117 Å². The highest BCUT2D eigenvalue weighted by molar-refractivity contribution is 5.90. The van der Waals surface area contributed by atoms with Gasteiger partial charge in [-0.25, -0.2) is 4.79 Å². The fourth-order valence-electron chi connectivity index (χ4n) is 1.76. The SMILES string of the molecule is COC(=O)c1c(C(F)(F)F)c(Oc2ccccc2)nn1C. The fraction of sp³-hybridized carbons (Fsp3) is 0.231. The van der Waals surface area contributed by atoms with Crippen molar-refractivity contribution in [1.29, 1.82) is 0 Å². The summed E-state index contributed by atoms with van der Waals surface area (Å²) in [5.41, 5.74) is -1.98. The van der Waals surface area contributed by atoms with Gasteiger partial charge in [0.15, 0.2) is 11.3 Å². The molecule has 2 rings (SSSR count). The van der Waals surface area contributed by atoms with Crippen molar-refractivity contribution in [3.63, 3.8) is 0 Å². The summed E-state index contributed by atoms with van der Waals surface area (Å²) in [5, 5.41) is 3.61. The third-order valence-electron chi connectivity index (χ3n) is 2.64. The lowest BCUT2D eigenvalue weighted by molar-refractivity contribution is -0.139. The number of para-hydroxylation sites is 1. The van der Waals surface area contributed by atoms with Crippen LogP contribution in [0.15, 0.2) is 30.3 Å². The van der Waals surface area contributed by atoms with Crippen LogP contribution in [0.25, 0.3) is 0 Å². The average molecular weight is 300 g/mol. The molecule has 8 heteroatoms. The first kappa shape index (κ1) is 14.9. The summed E-state index contributed by atoms with van der Waals surface area (Å²) in [6, 6.07) is 7.86. The predicted molar refractivity (Wildman–Crippen MR) is 66.1 cm³/mol. The molecule has 1 heterocycles. The van der Waals surface area contributed by atoms with Crippen LogP contribution >= 0.6 is 0 Å². The number of aryl methyl sites for hydroxylation is 1. The lowest BCUT2D eigenvalue weighted by Gasteiger charge is -2.09. The number of aromatic nitrogens is 2. The van der Waals surface area contributed by atoms with E-state index in [9.17, 15) is 18.0 Å². The first-order chi connectivity index (χ1) is 9.84. The van der Waals surface area contributed by atoms with Gasteiger partial charge in [-0.2, -0.15) is 13.2 Å². The van der Waals surface area contributed by atoms with Crippen LogP contribution in [0.3, 0.4) is 0 Å². The summed E-state index contributed by atoms with van der Waals surface area (Å²) >= 11 is 0. The molecular weight excluding hydrogens is 289 g/mol. The van der Waals surface area contributed by atoms with E-state index in [1.807, 2.05) is 0 Å². The van der Waals surface area contributed by atoms with E-state index in [4.69, 9.17) is 4.74 Å². The number of carbonyl (C=O) groups is 1. The summed E-state index contributed by atoms with van der Waals surface area (Å²) in [7, 11) is 2.20. The topological polar surface area (TPSA) is 53.4 Å². The van der Waals surface area contributed by atoms with Crippen LogP contribution in [-0.4, -0.2) is 22.9 Å². The normalized spacial score (nSPS) is 11.3. The molecule has 0 amide bonds. The van der Waals surface area contributed by atoms with Crippen molar-refractivity contribution in [1.82, 2.24) is 9.78 Å². The second kappa shape index (κ2) is 5.47. The minimum absolute atomic E-state index is 0.178. The molecule has 0 aliphatic rings. The van der Waals surface area contributed by atoms with E-state index in [1.165, 1.54) is 19.2 Å². The molecule has 0 saturated carbocycles. The Kier molecular flexibility index (Phi) is 3.88. The molecule has 0 aliphatic heterocycles. The Balaban J connectivity index is 2.54. The molecule has 0 atom stereocenters. The number of carbonyl (C=O) groups excluding carboxylic acids is 1. The molecule has 0 radical (unpaired) electrons. The van der Waals surface area contributed by atoms with Crippen LogP contribution in [0, 0.1) is 0 Å². The zero-order valence-electron chi connectivity index (χ0n) is 11.1. The quantitative estimate of drug-likeness (QED) is 0.818. The van der Waals surface area contributed by atoms with Crippen molar-refractivity contribution in [2.45, 2.75) is 6.18 Å². The van der Waals surface area contributed by atoms with Gasteiger partial charge >= 0.3 is 12.1 Å². The van der Waals surface area contributed by atoms with E-state index in [0.29, 0.717) is 0 Å². The van der Waals surface area contributed by atoms with Crippen LogP contribution in [0.2, 0.25) is 0 Å². The zero-order chi connectivity index (χ0) is 15.6. The largest absolute Gasteiger partial charge is 0.464 e. The van der Waals surface area contributed by atoms with Crippen LogP contribution in [0.1, 0.15) is 16.1 Å². The van der Waals surface area contributed by atoms with E-state index in [0.717, 1.165) is 11.8 Å². The van der Waals surface area contributed by atoms with E-state index in [-0.39, 0.29) is 5.75 Å². The number of nitrogens with zero attached hydrogens (tertiary/aromatic N) is 2. The lowest BCUT2D eigenvalue weighted by Crippen LogP contribution is -2.16. The van der Waals surface area contributed by atoms with Gasteiger partial charge in [-0.3, -0.25) is 4.68 Å². The summed E-state index contributed by atoms with van der Waals surface area (Å²) in [4.78, 5) is 11.5. The van der Waals surface area contributed by atoms with Gasteiger partial charge in [0.05, 0.1) is 7.11 Å². The number of esters is 1. The molecule has 0 unspecified atom stereocenters. The first-order valence-corrected chi connectivity index (χ1v) is 5.80. The molecule has 0 fully saturated rings. The monoisotopic (exact) mass is 300 g/mol. The third kappa shape index (κ3) is 2.99. The van der Waals surface area contributed by atoms with Gasteiger partial charge in [0.2, 0.25) is 0 Å². The average Bonchev–Trinajstić information content (AvgIpc) is 2.75. The number of hydrogen-bond acceptors (Lipinski definition) is 4. The maximum absolute atomic E-state index is 13.2. The molecule has 0 saturated heterocycles. The first-order valence-electron chi connectivity index (χ1n) is 5.80. The smallest absolute Gasteiger partial charge is 0.424 e. The number of methoxy groups -OCH3 is 1. The highest BCUT2D eigenvalue weighted by Crippen LogP contribution is 2.40. The number of hydrogen-bond donors (Lipinski definition) is 0. The number of ether oxygens (including phenoxy) is 2. The number of benzene rings is 1. The van der Waals surface area contributed by atoms with E-state index >= 15 is 0 Å². The minimum Gasteiger partial charge on any atom is -0.464 e. The van der Waals surface area contributed by atoms with Crippen molar-refractivity contribution in [2.75, 3.05) is 7.11 Å². The Hall–Kier alpha value is -2.51. The highest BCUT2D eigenvalue weighted by Gasteiger charge is 2.43. The van der Waals surface area contributed by atoms with E-state index in [2.05, 4.69) is 9.84 Å². The van der Waals surface area contributed by atoms with Gasteiger partial charge in [-0.05, 0) is 12.1 Å². The second-order valence-electron chi connectivity index (χ2n) is 4.06. The Morgan fingerprint density at radius 1 is 1.24 bits per heavy atom. The van der Waals surface area contributed by atoms with Crippen molar-refractivity contribution in [3.05, 3.63) is 41.6 Å². The fourth-order valence-corrected chi connectivity index (χ4v) is 1.76. The van der Waals surface area contributed by atoms with E-state index < -0.39 is 29.3 Å². The molecule has 0 aliphatic carbocycles. The van der Waals surface area contributed by atoms with Crippen molar-refractivity contribution < 1.29 is 27.4 Å². The highest BCUT2D eigenvalue weighted by atomic mass is 19.4. The van der Waals surface area contributed by atoms with Gasteiger partial charge < -0.3 is 9.47 Å². The van der Waals surface area contributed by atoms with Gasteiger partial charge in [0.1, 0.15) is 5.75 Å². The molecular formula is C13H11F3N2O3. The van der Waals surface area contributed by atoms with Crippen molar-refractivity contribution >= 4 is 5.97 Å². The van der Waals surface area contributed by atoms with Gasteiger partial charge in [0.25, 0.3) is 5.88 Å². The zero-order valence-corrected chi connectivity index (χ0v) is 11.1. The maximum atomic E-state index is 13.2. The molecule has 112 valence electrons.